The number of nitrogens with zero attached hydrogens (tertiary/aromatic N) is 1. The van der Waals surface area contributed by atoms with Gasteiger partial charge in [0.1, 0.15) is 0 Å². The smallest absolute Gasteiger partial charge is 0.191 e. The number of halogens is 1. The number of aliphatic imine (C=N–C) groups is 1. The molecule has 1 fully saturated rings. The largest absolute Gasteiger partial charge is 0.381 e. The lowest BCUT2D eigenvalue weighted by Gasteiger charge is -2.35. The molecule has 1 aromatic rings. The second-order valence-electron chi connectivity index (χ2n) is 5.97. The van der Waals surface area contributed by atoms with Crippen LogP contribution in [0.2, 0.25) is 5.02 Å². The van der Waals surface area contributed by atoms with Gasteiger partial charge in [-0.1, -0.05) is 23.7 Å². The molecule has 0 saturated carbocycles. The molecule has 1 aromatic carbocycles. The van der Waals surface area contributed by atoms with Crippen LogP contribution in [0.15, 0.2) is 29.3 Å². The van der Waals surface area contributed by atoms with Gasteiger partial charge in [0.2, 0.25) is 0 Å². The lowest BCUT2D eigenvalue weighted by Crippen LogP contribution is -2.53. The summed E-state index contributed by atoms with van der Waals surface area (Å²) < 4.78 is 29.0. The quantitative estimate of drug-likeness (QED) is 0.605. The van der Waals surface area contributed by atoms with Gasteiger partial charge >= 0.3 is 0 Å². The van der Waals surface area contributed by atoms with Crippen molar-refractivity contribution in [3.05, 3.63) is 34.9 Å². The fourth-order valence-electron chi connectivity index (χ4n) is 2.68. The van der Waals surface area contributed by atoms with Crippen LogP contribution >= 0.6 is 11.6 Å². The molecular formula is C16H24ClN3O3S. The van der Waals surface area contributed by atoms with Gasteiger partial charge < -0.3 is 15.4 Å². The number of sulfone groups is 1. The molecule has 24 heavy (non-hydrogen) atoms. The molecule has 0 amide bonds. The van der Waals surface area contributed by atoms with Gasteiger partial charge in [-0.05, 0) is 30.5 Å². The molecule has 0 radical (unpaired) electrons. The lowest BCUT2D eigenvalue weighted by atomic mass is 9.99. The maximum absolute atomic E-state index is 12.3. The highest BCUT2D eigenvalue weighted by Crippen LogP contribution is 2.28. The minimum absolute atomic E-state index is 0.315. The van der Waals surface area contributed by atoms with E-state index < -0.39 is 14.6 Å². The van der Waals surface area contributed by atoms with E-state index in [0.29, 0.717) is 50.1 Å². The summed E-state index contributed by atoms with van der Waals surface area (Å²) >= 11 is 5.87. The fraction of sp³-hybridized carbons (Fsp3) is 0.562. The van der Waals surface area contributed by atoms with Crippen molar-refractivity contribution >= 4 is 27.4 Å². The Kier molecular flexibility index (Phi) is 6.48. The summed E-state index contributed by atoms with van der Waals surface area (Å²) in [6.45, 7) is 1.82. The maximum Gasteiger partial charge on any atom is 0.191 e. The lowest BCUT2D eigenvalue weighted by molar-refractivity contribution is 0.0756. The molecular weight excluding hydrogens is 350 g/mol. The van der Waals surface area contributed by atoms with Crippen LogP contribution in [0.1, 0.15) is 18.4 Å². The second-order valence-corrected chi connectivity index (χ2v) is 8.82. The summed E-state index contributed by atoms with van der Waals surface area (Å²) in [5.41, 5.74) is 1.06. The highest BCUT2D eigenvalue weighted by molar-refractivity contribution is 7.92. The van der Waals surface area contributed by atoms with E-state index in [0.717, 1.165) is 5.56 Å². The Balaban J connectivity index is 1.95. The van der Waals surface area contributed by atoms with Crippen molar-refractivity contribution in [2.45, 2.75) is 24.1 Å². The van der Waals surface area contributed by atoms with Crippen molar-refractivity contribution in [3.63, 3.8) is 0 Å². The average Bonchev–Trinajstić information content (AvgIpc) is 2.56. The fourth-order valence-corrected chi connectivity index (χ4v) is 4.04. The zero-order valence-electron chi connectivity index (χ0n) is 14.0. The molecule has 0 bridgehead atoms. The van der Waals surface area contributed by atoms with E-state index in [1.165, 1.54) is 6.26 Å². The molecule has 1 heterocycles. The Hall–Kier alpha value is -1.31. The average molecular weight is 374 g/mol. The normalized spacial score (nSPS) is 18.2. The van der Waals surface area contributed by atoms with Crippen molar-refractivity contribution < 1.29 is 13.2 Å². The van der Waals surface area contributed by atoms with Crippen LogP contribution in [0, 0.1) is 0 Å². The summed E-state index contributed by atoms with van der Waals surface area (Å²) in [4.78, 5) is 4.16. The van der Waals surface area contributed by atoms with Crippen LogP contribution in [0.3, 0.4) is 0 Å². The summed E-state index contributed by atoms with van der Waals surface area (Å²) in [5.74, 6) is 0.569. The van der Waals surface area contributed by atoms with Crippen molar-refractivity contribution in [1.82, 2.24) is 10.6 Å². The van der Waals surface area contributed by atoms with Crippen LogP contribution in [0.25, 0.3) is 0 Å². The van der Waals surface area contributed by atoms with Crippen LogP contribution in [0.5, 0.6) is 0 Å². The molecule has 1 saturated heterocycles. The number of rotatable bonds is 5. The van der Waals surface area contributed by atoms with Crippen LogP contribution in [-0.4, -0.2) is 52.2 Å². The highest BCUT2D eigenvalue weighted by Gasteiger charge is 2.42. The van der Waals surface area contributed by atoms with Crippen molar-refractivity contribution in [3.8, 4) is 0 Å². The Bertz CT molecular complexity index is 668. The van der Waals surface area contributed by atoms with Gasteiger partial charge in [-0.15, -0.1) is 0 Å². The van der Waals surface area contributed by atoms with E-state index in [4.69, 9.17) is 16.3 Å². The van der Waals surface area contributed by atoms with Gasteiger partial charge in [0.05, 0.1) is 4.75 Å². The van der Waals surface area contributed by atoms with Crippen molar-refractivity contribution in [2.75, 3.05) is 33.1 Å². The SMILES string of the molecule is CN=C(NCc1ccc(Cl)cc1)NCC1(S(C)(=O)=O)CCOCC1. The third-order valence-electron chi connectivity index (χ3n) is 4.37. The summed E-state index contributed by atoms with van der Waals surface area (Å²) in [5, 5.41) is 7.02. The van der Waals surface area contributed by atoms with E-state index in [9.17, 15) is 8.42 Å². The zero-order valence-corrected chi connectivity index (χ0v) is 15.6. The van der Waals surface area contributed by atoms with Crippen molar-refractivity contribution in [1.29, 1.82) is 0 Å². The summed E-state index contributed by atoms with van der Waals surface area (Å²) in [6.07, 6.45) is 2.28. The zero-order chi connectivity index (χ0) is 17.6. The number of benzene rings is 1. The van der Waals surface area contributed by atoms with E-state index in [-0.39, 0.29) is 0 Å². The molecule has 134 valence electrons. The molecule has 0 unspecified atom stereocenters. The molecule has 2 rings (SSSR count). The van der Waals surface area contributed by atoms with Gasteiger partial charge in [-0.3, -0.25) is 4.99 Å². The van der Waals surface area contributed by atoms with Gasteiger partial charge in [-0.25, -0.2) is 8.42 Å². The van der Waals surface area contributed by atoms with Gasteiger partial charge in [0.25, 0.3) is 0 Å². The Morgan fingerprint density at radius 3 is 2.42 bits per heavy atom. The third-order valence-corrected chi connectivity index (χ3v) is 6.74. The van der Waals surface area contributed by atoms with E-state index >= 15 is 0 Å². The topological polar surface area (TPSA) is 79.8 Å². The van der Waals surface area contributed by atoms with Gasteiger partial charge in [-0.2, -0.15) is 0 Å². The predicted molar refractivity (Wildman–Crippen MR) is 97.3 cm³/mol. The Morgan fingerprint density at radius 1 is 1.25 bits per heavy atom. The second kappa shape index (κ2) is 8.18. The van der Waals surface area contributed by atoms with Crippen LogP contribution in [0.4, 0.5) is 0 Å². The van der Waals surface area contributed by atoms with Gasteiger partial charge in [0, 0.05) is 44.6 Å². The van der Waals surface area contributed by atoms with E-state index in [1.807, 2.05) is 24.3 Å². The summed E-state index contributed by atoms with van der Waals surface area (Å²) in [7, 11) is -1.54. The van der Waals surface area contributed by atoms with E-state index in [1.54, 1.807) is 7.05 Å². The molecule has 6 nitrogen and oxygen atoms in total. The van der Waals surface area contributed by atoms with E-state index in [2.05, 4.69) is 15.6 Å². The number of nitrogens with one attached hydrogen (secondary N) is 2. The predicted octanol–water partition coefficient (Wildman–Crippen LogP) is 1.60. The van der Waals surface area contributed by atoms with Crippen molar-refractivity contribution in [2.24, 2.45) is 4.99 Å². The highest BCUT2D eigenvalue weighted by atomic mass is 35.5. The third kappa shape index (κ3) is 4.84. The maximum atomic E-state index is 12.3. The number of ether oxygens (including phenoxy) is 1. The monoisotopic (exact) mass is 373 g/mol. The first-order valence-electron chi connectivity index (χ1n) is 7.83. The van der Waals surface area contributed by atoms with Gasteiger partial charge in [0.15, 0.2) is 15.8 Å². The number of hydrogen-bond donors (Lipinski definition) is 2. The summed E-state index contributed by atoms with van der Waals surface area (Å²) in [6, 6.07) is 7.52. The van der Waals surface area contributed by atoms with Crippen LogP contribution < -0.4 is 10.6 Å². The number of hydrogen-bond acceptors (Lipinski definition) is 4. The molecule has 0 spiro atoms. The molecule has 0 atom stereocenters. The molecule has 1 aliphatic heterocycles. The molecule has 2 N–H and O–H groups in total. The molecule has 1 aliphatic rings. The first-order chi connectivity index (χ1) is 11.4. The first-order valence-corrected chi connectivity index (χ1v) is 10.1. The molecule has 8 heteroatoms. The Morgan fingerprint density at radius 2 is 1.88 bits per heavy atom. The van der Waals surface area contributed by atoms with Crippen LogP contribution in [-0.2, 0) is 21.1 Å². The number of guanidine groups is 1. The minimum atomic E-state index is -3.20. The molecule has 0 aliphatic carbocycles. The minimum Gasteiger partial charge on any atom is -0.381 e. The molecule has 0 aromatic heterocycles. The Labute approximate surface area is 148 Å². The first kappa shape index (κ1) is 19.0. The standard InChI is InChI=1S/C16H24ClN3O3S/c1-18-15(19-11-13-3-5-14(17)6-4-13)20-12-16(24(2,21)22)7-9-23-10-8-16/h3-6H,7-12H2,1-2H3,(H2,18,19,20).